The zero-order chi connectivity index (χ0) is 24.6. The molecular formula is C24H30ClN3O4S3. The molecule has 0 unspecified atom stereocenters. The van der Waals surface area contributed by atoms with Crippen molar-refractivity contribution in [2.75, 3.05) is 34.8 Å². The Labute approximate surface area is 218 Å². The SMILES string of the molecule is CCN(CC)CCSc1cc(NS(=O)(=O)c2ccccc2)ccc1NS(=O)(=O)c1ccccc1.Cl. The van der Waals surface area contributed by atoms with Crippen molar-refractivity contribution in [2.24, 2.45) is 0 Å². The van der Waals surface area contributed by atoms with Gasteiger partial charge >= 0.3 is 0 Å². The van der Waals surface area contributed by atoms with Gasteiger partial charge < -0.3 is 4.90 Å². The molecule has 3 aromatic rings. The second-order valence-electron chi connectivity index (χ2n) is 7.42. The van der Waals surface area contributed by atoms with Gasteiger partial charge in [-0.1, -0.05) is 50.2 Å². The summed E-state index contributed by atoms with van der Waals surface area (Å²) in [7, 11) is -7.56. The molecule has 0 aliphatic heterocycles. The first-order valence-electron chi connectivity index (χ1n) is 10.9. The van der Waals surface area contributed by atoms with E-state index in [1.54, 1.807) is 54.6 Å². The Morgan fingerprint density at radius 1 is 0.743 bits per heavy atom. The minimum Gasteiger partial charge on any atom is -0.303 e. The van der Waals surface area contributed by atoms with Gasteiger partial charge in [-0.3, -0.25) is 9.44 Å². The van der Waals surface area contributed by atoms with Gasteiger partial charge in [-0.05, 0) is 55.6 Å². The fourth-order valence-corrected chi connectivity index (χ4v) is 6.52. The van der Waals surface area contributed by atoms with Crippen LogP contribution in [0.4, 0.5) is 11.4 Å². The van der Waals surface area contributed by atoms with Crippen molar-refractivity contribution < 1.29 is 16.8 Å². The van der Waals surface area contributed by atoms with Crippen LogP contribution in [0.25, 0.3) is 0 Å². The van der Waals surface area contributed by atoms with Crippen molar-refractivity contribution in [3.63, 3.8) is 0 Å². The molecule has 0 saturated heterocycles. The van der Waals surface area contributed by atoms with Crippen molar-refractivity contribution in [3.05, 3.63) is 78.9 Å². The van der Waals surface area contributed by atoms with Crippen LogP contribution in [-0.2, 0) is 20.0 Å². The number of hydrogen-bond donors (Lipinski definition) is 2. The van der Waals surface area contributed by atoms with Gasteiger partial charge in [-0.15, -0.1) is 24.2 Å². The van der Waals surface area contributed by atoms with E-state index in [0.717, 1.165) is 25.4 Å². The highest BCUT2D eigenvalue weighted by molar-refractivity contribution is 7.99. The van der Waals surface area contributed by atoms with Gasteiger partial charge in [0.05, 0.1) is 21.2 Å². The van der Waals surface area contributed by atoms with E-state index in [2.05, 4.69) is 28.2 Å². The summed E-state index contributed by atoms with van der Waals surface area (Å²) in [5, 5.41) is 0. The van der Waals surface area contributed by atoms with Gasteiger partial charge in [0.15, 0.2) is 0 Å². The number of anilines is 2. The van der Waals surface area contributed by atoms with Crippen LogP contribution >= 0.6 is 24.2 Å². The smallest absolute Gasteiger partial charge is 0.261 e. The first kappa shape index (κ1) is 29.0. The fourth-order valence-electron chi connectivity index (χ4n) is 3.23. The number of hydrogen-bond acceptors (Lipinski definition) is 6. The number of halogens is 1. The Balaban J connectivity index is 0.00000432. The summed E-state index contributed by atoms with van der Waals surface area (Å²) in [5.74, 6) is 0.719. The average Bonchev–Trinajstić information content (AvgIpc) is 2.84. The zero-order valence-corrected chi connectivity index (χ0v) is 22.8. The van der Waals surface area contributed by atoms with Crippen molar-refractivity contribution in [1.82, 2.24) is 4.90 Å². The van der Waals surface area contributed by atoms with Gasteiger partial charge in [0.25, 0.3) is 20.0 Å². The summed E-state index contributed by atoms with van der Waals surface area (Å²) in [6, 6.07) is 21.0. The minimum atomic E-state index is -3.79. The molecule has 0 aromatic heterocycles. The van der Waals surface area contributed by atoms with Gasteiger partial charge in [0.1, 0.15) is 0 Å². The van der Waals surface area contributed by atoms with E-state index in [1.807, 2.05) is 0 Å². The lowest BCUT2D eigenvalue weighted by molar-refractivity contribution is 0.324. The third kappa shape index (κ3) is 8.15. The van der Waals surface area contributed by atoms with Crippen LogP contribution in [0, 0.1) is 0 Å². The normalized spacial score (nSPS) is 11.6. The zero-order valence-electron chi connectivity index (χ0n) is 19.5. The maximum absolute atomic E-state index is 12.9. The van der Waals surface area contributed by atoms with Crippen LogP contribution in [0.5, 0.6) is 0 Å². The summed E-state index contributed by atoms with van der Waals surface area (Å²) in [6.07, 6.45) is 0. The van der Waals surface area contributed by atoms with Gasteiger partial charge in [-0.25, -0.2) is 16.8 Å². The molecule has 0 atom stereocenters. The van der Waals surface area contributed by atoms with Crippen LogP contribution in [0.1, 0.15) is 13.8 Å². The topological polar surface area (TPSA) is 95.6 Å². The van der Waals surface area contributed by atoms with E-state index >= 15 is 0 Å². The molecule has 3 rings (SSSR count). The quantitative estimate of drug-likeness (QED) is 0.300. The average molecular weight is 556 g/mol. The molecule has 35 heavy (non-hydrogen) atoms. The molecule has 190 valence electrons. The first-order chi connectivity index (χ1) is 16.2. The molecule has 0 radical (unpaired) electrons. The number of nitrogens with zero attached hydrogens (tertiary/aromatic N) is 1. The van der Waals surface area contributed by atoms with Crippen molar-refractivity contribution in [2.45, 2.75) is 28.5 Å². The van der Waals surface area contributed by atoms with Crippen LogP contribution in [-0.4, -0.2) is 47.1 Å². The lowest BCUT2D eigenvalue weighted by atomic mass is 10.3. The fraction of sp³-hybridized carbons (Fsp3) is 0.250. The molecule has 3 aromatic carbocycles. The minimum absolute atomic E-state index is 0. The molecule has 0 spiro atoms. The van der Waals surface area contributed by atoms with Crippen LogP contribution in [0.2, 0.25) is 0 Å². The summed E-state index contributed by atoms with van der Waals surface area (Å²) in [4.78, 5) is 3.21. The second-order valence-corrected chi connectivity index (χ2v) is 11.9. The molecule has 2 N–H and O–H groups in total. The van der Waals surface area contributed by atoms with E-state index < -0.39 is 20.0 Å². The first-order valence-corrected chi connectivity index (χ1v) is 14.9. The standard InChI is InChI=1S/C24H29N3O4S3.ClH/c1-3-27(4-2)17-18-32-24-19-20(25-33(28,29)21-11-7-5-8-12-21)15-16-23(24)26-34(30,31)22-13-9-6-10-14-22;/h5-16,19,25-26H,3-4,17-18H2,1-2H3;1H. The maximum Gasteiger partial charge on any atom is 0.261 e. The number of sulfonamides is 2. The van der Waals surface area contributed by atoms with Crippen molar-refractivity contribution in [1.29, 1.82) is 0 Å². The molecule has 0 saturated carbocycles. The highest BCUT2D eigenvalue weighted by atomic mass is 35.5. The van der Waals surface area contributed by atoms with Gasteiger partial charge in [0, 0.05) is 17.2 Å². The predicted molar refractivity (Wildman–Crippen MR) is 147 cm³/mol. The third-order valence-corrected chi connectivity index (χ3v) is 8.96. The van der Waals surface area contributed by atoms with E-state index in [-0.39, 0.29) is 22.2 Å². The number of benzene rings is 3. The van der Waals surface area contributed by atoms with Crippen LogP contribution in [0.15, 0.2) is 93.5 Å². The number of thioether (sulfide) groups is 1. The number of nitrogens with one attached hydrogen (secondary N) is 2. The largest absolute Gasteiger partial charge is 0.303 e. The highest BCUT2D eigenvalue weighted by Crippen LogP contribution is 2.33. The third-order valence-electron chi connectivity index (χ3n) is 5.14. The molecular weight excluding hydrogens is 526 g/mol. The molecule has 11 heteroatoms. The molecule has 0 heterocycles. The highest BCUT2D eigenvalue weighted by Gasteiger charge is 2.18. The van der Waals surface area contributed by atoms with Crippen molar-refractivity contribution in [3.8, 4) is 0 Å². The predicted octanol–water partition coefficient (Wildman–Crippen LogP) is 5.14. The molecule has 0 aliphatic carbocycles. The number of rotatable bonds is 12. The summed E-state index contributed by atoms with van der Waals surface area (Å²) < 4.78 is 56.5. The van der Waals surface area contributed by atoms with E-state index in [0.29, 0.717) is 16.3 Å². The summed E-state index contributed by atoms with van der Waals surface area (Å²) >= 11 is 1.47. The van der Waals surface area contributed by atoms with Crippen LogP contribution < -0.4 is 9.44 Å². The summed E-state index contributed by atoms with van der Waals surface area (Å²) in [6.45, 7) is 6.84. The van der Waals surface area contributed by atoms with E-state index in [1.165, 1.54) is 36.0 Å². The molecule has 0 amide bonds. The Kier molecular flexibility index (Phi) is 10.9. The van der Waals surface area contributed by atoms with Gasteiger partial charge in [-0.2, -0.15) is 0 Å². The molecule has 7 nitrogen and oxygen atoms in total. The Bertz CT molecular complexity index is 1290. The Morgan fingerprint density at radius 2 is 1.26 bits per heavy atom. The summed E-state index contributed by atoms with van der Waals surface area (Å²) in [5.41, 5.74) is 0.757. The van der Waals surface area contributed by atoms with Crippen molar-refractivity contribution >= 4 is 55.6 Å². The lowest BCUT2D eigenvalue weighted by Gasteiger charge is -2.19. The Hall–Kier alpha value is -2.24. The second kappa shape index (κ2) is 13.2. The van der Waals surface area contributed by atoms with Gasteiger partial charge in [0.2, 0.25) is 0 Å². The van der Waals surface area contributed by atoms with E-state index in [9.17, 15) is 16.8 Å². The Morgan fingerprint density at radius 3 is 1.77 bits per heavy atom. The van der Waals surface area contributed by atoms with Crippen LogP contribution in [0.3, 0.4) is 0 Å². The molecule has 0 fully saturated rings. The lowest BCUT2D eigenvalue weighted by Crippen LogP contribution is -2.25. The molecule has 0 aliphatic rings. The maximum atomic E-state index is 12.9. The van der Waals surface area contributed by atoms with E-state index in [4.69, 9.17) is 0 Å². The monoisotopic (exact) mass is 555 g/mol. The molecule has 0 bridgehead atoms.